The van der Waals surface area contributed by atoms with Crippen LogP contribution < -0.4 is 0 Å². The van der Waals surface area contributed by atoms with Gasteiger partial charge in [0.05, 0.1) is 0 Å². The van der Waals surface area contributed by atoms with Gasteiger partial charge in [-0.15, -0.1) is 0 Å². The van der Waals surface area contributed by atoms with Gasteiger partial charge in [0.2, 0.25) is 0 Å². The molecule has 0 fully saturated rings. The molecule has 0 atom stereocenters. The van der Waals surface area contributed by atoms with Gasteiger partial charge >= 0.3 is 0 Å². The molecule has 0 aromatic heterocycles. The summed E-state index contributed by atoms with van der Waals surface area (Å²) in [7, 11) is 0. The van der Waals surface area contributed by atoms with Gasteiger partial charge in [-0.25, -0.2) is 0 Å². The molecule has 0 heterocycles. The predicted octanol–water partition coefficient (Wildman–Crippen LogP) is 11.7. The van der Waals surface area contributed by atoms with Gasteiger partial charge in [-0.05, 0) is 107 Å². The van der Waals surface area contributed by atoms with Gasteiger partial charge in [0, 0.05) is 0 Å². The van der Waals surface area contributed by atoms with E-state index in [1.807, 2.05) is 0 Å². The fourth-order valence-electron chi connectivity index (χ4n) is 7.34. The van der Waals surface area contributed by atoms with Crippen LogP contribution in [0.3, 0.4) is 0 Å². The molecule has 0 saturated carbocycles. The summed E-state index contributed by atoms with van der Waals surface area (Å²) in [6.07, 6.45) is 0.991. The monoisotopic (exact) mass is 544 g/mol. The van der Waals surface area contributed by atoms with Gasteiger partial charge < -0.3 is 0 Å². The Morgan fingerprint density at radius 1 is 0.326 bits per heavy atom. The van der Waals surface area contributed by atoms with Crippen molar-refractivity contribution >= 4 is 32.3 Å². The lowest BCUT2D eigenvalue weighted by molar-refractivity contribution is 1.28. The van der Waals surface area contributed by atoms with Gasteiger partial charge in [-0.1, -0.05) is 146 Å². The molecule has 0 bridgehead atoms. The maximum Gasteiger partial charge on any atom is -0.000728 e. The van der Waals surface area contributed by atoms with Crippen LogP contribution in [-0.4, -0.2) is 0 Å². The Morgan fingerprint density at radius 3 is 1.58 bits per heavy atom. The lowest BCUT2D eigenvalue weighted by Crippen LogP contribution is -1.92. The number of benzene rings is 8. The lowest BCUT2D eigenvalue weighted by atomic mass is 9.85. The summed E-state index contributed by atoms with van der Waals surface area (Å²) in [5.74, 6) is 0. The summed E-state index contributed by atoms with van der Waals surface area (Å²) >= 11 is 0. The van der Waals surface area contributed by atoms with E-state index in [-0.39, 0.29) is 0 Å². The fraction of sp³-hybridized carbons (Fsp3) is 0.0233. The van der Waals surface area contributed by atoms with Crippen molar-refractivity contribution in [2.45, 2.75) is 6.42 Å². The Kier molecular flexibility index (Phi) is 5.36. The molecular weight excluding hydrogens is 516 g/mol. The predicted molar refractivity (Wildman–Crippen MR) is 184 cm³/mol. The molecule has 8 aromatic carbocycles. The van der Waals surface area contributed by atoms with Crippen LogP contribution >= 0.6 is 0 Å². The van der Waals surface area contributed by atoms with Crippen molar-refractivity contribution < 1.29 is 0 Å². The second kappa shape index (κ2) is 9.54. The van der Waals surface area contributed by atoms with Gasteiger partial charge in [-0.2, -0.15) is 0 Å². The molecule has 0 spiro atoms. The second-order valence-corrected chi connectivity index (χ2v) is 11.6. The highest BCUT2D eigenvalue weighted by atomic mass is 14.3. The Balaban J connectivity index is 1.29. The third kappa shape index (κ3) is 3.77. The summed E-state index contributed by atoms with van der Waals surface area (Å²) in [5, 5.41) is 7.84. The molecule has 0 heteroatoms. The molecule has 0 aliphatic heterocycles. The van der Waals surface area contributed by atoms with Crippen molar-refractivity contribution in [2.75, 3.05) is 0 Å². The minimum atomic E-state index is 0.991. The molecule has 0 nitrogen and oxygen atoms in total. The van der Waals surface area contributed by atoms with E-state index in [0.29, 0.717) is 0 Å². The van der Waals surface area contributed by atoms with Crippen LogP contribution in [0.5, 0.6) is 0 Å². The van der Waals surface area contributed by atoms with Crippen molar-refractivity contribution in [3.05, 3.63) is 169 Å². The molecule has 8 aromatic rings. The molecule has 43 heavy (non-hydrogen) atoms. The van der Waals surface area contributed by atoms with Gasteiger partial charge in [0.25, 0.3) is 0 Å². The standard InChI is InChI=1S/C43H28/c1-2-11-28(12-3-1)30-14-10-15-32(25-30)42-36-17-6-8-19-38(36)43(39-20-9-7-18-37(39)42)33-22-21-31-26-41-34-16-5-4-13-29(34)23-24-35(41)40(31)27-33/h1-25,27H,26H2. The Morgan fingerprint density at radius 2 is 0.884 bits per heavy atom. The average Bonchev–Trinajstić information content (AvgIpc) is 3.46. The highest BCUT2D eigenvalue weighted by molar-refractivity contribution is 6.21. The van der Waals surface area contributed by atoms with Gasteiger partial charge in [0.1, 0.15) is 0 Å². The van der Waals surface area contributed by atoms with E-state index >= 15 is 0 Å². The normalized spacial score (nSPS) is 12.1. The lowest BCUT2D eigenvalue weighted by Gasteiger charge is -2.18. The van der Waals surface area contributed by atoms with Crippen LogP contribution in [0.4, 0.5) is 0 Å². The summed E-state index contributed by atoms with van der Waals surface area (Å²) in [5.41, 5.74) is 13.2. The maximum atomic E-state index is 2.44. The molecule has 0 N–H and O–H groups in total. The van der Waals surface area contributed by atoms with E-state index < -0.39 is 0 Å². The average molecular weight is 545 g/mol. The van der Waals surface area contributed by atoms with E-state index in [0.717, 1.165) is 6.42 Å². The molecule has 0 unspecified atom stereocenters. The van der Waals surface area contributed by atoms with Crippen LogP contribution in [0.1, 0.15) is 11.1 Å². The van der Waals surface area contributed by atoms with E-state index in [1.54, 1.807) is 0 Å². The third-order valence-electron chi connectivity index (χ3n) is 9.29. The zero-order valence-electron chi connectivity index (χ0n) is 23.7. The minimum Gasteiger partial charge on any atom is -0.0622 e. The molecule has 0 radical (unpaired) electrons. The molecule has 1 aliphatic carbocycles. The van der Waals surface area contributed by atoms with Crippen LogP contribution in [-0.2, 0) is 6.42 Å². The quantitative estimate of drug-likeness (QED) is 0.194. The first-order valence-corrected chi connectivity index (χ1v) is 15.1. The fourth-order valence-corrected chi connectivity index (χ4v) is 7.34. The first-order chi connectivity index (χ1) is 21.3. The van der Waals surface area contributed by atoms with Crippen molar-refractivity contribution in [1.29, 1.82) is 0 Å². The first-order valence-electron chi connectivity index (χ1n) is 15.1. The largest absolute Gasteiger partial charge is 0.0622 e. The van der Waals surface area contributed by atoms with E-state index in [9.17, 15) is 0 Å². The number of hydrogen-bond donors (Lipinski definition) is 0. The zero-order valence-corrected chi connectivity index (χ0v) is 23.7. The summed E-state index contributed by atoms with van der Waals surface area (Å²) < 4.78 is 0. The number of fused-ring (bicyclic) bond motifs is 7. The number of hydrogen-bond acceptors (Lipinski definition) is 0. The molecule has 0 amide bonds. The van der Waals surface area contributed by atoms with Crippen LogP contribution in [0.2, 0.25) is 0 Å². The first kappa shape index (κ1) is 24.2. The molecular formula is C43H28. The van der Waals surface area contributed by atoms with Crippen molar-refractivity contribution in [3.63, 3.8) is 0 Å². The van der Waals surface area contributed by atoms with Crippen LogP contribution in [0, 0.1) is 0 Å². The van der Waals surface area contributed by atoms with E-state index in [2.05, 4.69) is 158 Å². The topological polar surface area (TPSA) is 0 Å². The molecule has 200 valence electrons. The van der Waals surface area contributed by atoms with E-state index in [4.69, 9.17) is 0 Å². The molecule has 9 rings (SSSR count). The Labute approximate surface area is 251 Å². The molecule has 0 saturated heterocycles. The minimum absolute atomic E-state index is 0.991. The zero-order chi connectivity index (χ0) is 28.3. The molecule has 1 aliphatic rings. The highest BCUT2D eigenvalue weighted by Gasteiger charge is 2.23. The van der Waals surface area contributed by atoms with Crippen LogP contribution in [0.25, 0.3) is 76.8 Å². The van der Waals surface area contributed by atoms with Crippen molar-refractivity contribution in [2.24, 2.45) is 0 Å². The third-order valence-corrected chi connectivity index (χ3v) is 9.29. The van der Waals surface area contributed by atoms with Gasteiger partial charge in [0.15, 0.2) is 0 Å². The smallest absolute Gasteiger partial charge is 0.000728 e. The summed E-state index contributed by atoms with van der Waals surface area (Å²) in [6.45, 7) is 0. The SMILES string of the molecule is c1ccc(-c2cccc(-c3c4ccccc4c(-c4ccc5c(c4)-c4ccc6ccccc6c4C5)c4ccccc34)c2)cc1. The van der Waals surface area contributed by atoms with E-state index in [1.165, 1.54) is 88.0 Å². The Bertz CT molecular complexity index is 2300. The Hall–Kier alpha value is -5.46. The summed E-state index contributed by atoms with van der Waals surface area (Å²) in [4.78, 5) is 0. The van der Waals surface area contributed by atoms with Gasteiger partial charge in [-0.3, -0.25) is 0 Å². The van der Waals surface area contributed by atoms with Crippen LogP contribution in [0.15, 0.2) is 158 Å². The number of rotatable bonds is 3. The second-order valence-electron chi connectivity index (χ2n) is 11.6. The van der Waals surface area contributed by atoms with Crippen molar-refractivity contribution in [1.82, 2.24) is 0 Å². The highest BCUT2D eigenvalue weighted by Crippen LogP contribution is 2.47. The van der Waals surface area contributed by atoms with Crippen molar-refractivity contribution in [3.8, 4) is 44.5 Å². The summed E-state index contributed by atoms with van der Waals surface area (Å²) in [6, 6.07) is 58.1. The maximum absolute atomic E-state index is 2.44.